The van der Waals surface area contributed by atoms with Gasteiger partial charge in [0.05, 0.1) is 4.92 Å². The summed E-state index contributed by atoms with van der Waals surface area (Å²) in [6.45, 7) is 1.23. The summed E-state index contributed by atoms with van der Waals surface area (Å²) in [6.07, 6.45) is 0. The van der Waals surface area contributed by atoms with Crippen molar-refractivity contribution < 1.29 is 14.8 Å². The SMILES string of the molecule is NC(=O)c1ccc(N2CC(CO)C2)c([N+](=O)[O-])c1. The number of hydrogen-bond donors (Lipinski definition) is 2. The highest BCUT2D eigenvalue weighted by molar-refractivity contribution is 5.94. The molecule has 18 heavy (non-hydrogen) atoms. The number of rotatable bonds is 4. The van der Waals surface area contributed by atoms with Crippen LogP contribution < -0.4 is 10.6 Å². The van der Waals surface area contributed by atoms with E-state index in [1.807, 2.05) is 0 Å². The van der Waals surface area contributed by atoms with Crippen molar-refractivity contribution >= 4 is 17.3 Å². The summed E-state index contributed by atoms with van der Waals surface area (Å²) in [6, 6.07) is 4.17. The van der Waals surface area contributed by atoms with Gasteiger partial charge in [0.1, 0.15) is 5.69 Å². The summed E-state index contributed by atoms with van der Waals surface area (Å²) < 4.78 is 0. The Morgan fingerprint density at radius 3 is 2.72 bits per heavy atom. The minimum Gasteiger partial charge on any atom is -0.396 e. The molecule has 1 aliphatic rings. The van der Waals surface area contributed by atoms with Gasteiger partial charge in [-0.3, -0.25) is 14.9 Å². The number of carbonyl (C=O) groups is 1. The fourth-order valence-electron chi connectivity index (χ4n) is 1.97. The van der Waals surface area contributed by atoms with Gasteiger partial charge in [-0.25, -0.2) is 0 Å². The maximum absolute atomic E-state index is 11.0. The molecule has 0 spiro atoms. The van der Waals surface area contributed by atoms with Gasteiger partial charge in [-0.2, -0.15) is 0 Å². The van der Waals surface area contributed by atoms with Crippen molar-refractivity contribution in [2.45, 2.75) is 0 Å². The second-order valence-corrected chi connectivity index (χ2v) is 4.28. The summed E-state index contributed by atoms with van der Waals surface area (Å²) in [5.41, 5.74) is 5.52. The third kappa shape index (κ3) is 2.12. The maximum atomic E-state index is 11.0. The first-order valence-corrected chi connectivity index (χ1v) is 5.47. The minimum atomic E-state index is -0.693. The van der Waals surface area contributed by atoms with Crippen LogP contribution >= 0.6 is 0 Å². The number of benzene rings is 1. The molecule has 3 N–H and O–H groups in total. The average molecular weight is 251 g/mol. The van der Waals surface area contributed by atoms with Crippen LogP contribution in [0.5, 0.6) is 0 Å². The molecule has 0 aromatic heterocycles. The highest BCUT2D eigenvalue weighted by Crippen LogP contribution is 2.33. The van der Waals surface area contributed by atoms with E-state index in [1.165, 1.54) is 18.2 Å². The third-order valence-corrected chi connectivity index (χ3v) is 3.01. The Morgan fingerprint density at radius 2 is 2.22 bits per heavy atom. The number of aliphatic hydroxyl groups is 1. The number of aliphatic hydroxyl groups excluding tert-OH is 1. The van der Waals surface area contributed by atoms with Gasteiger partial charge in [-0.05, 0) is 12.1 Å². The Morgan fingerprint density at radius 1 is 1.56 bits per heavy atom. The van der Waals surface area contributed by atoms with Crippen LogP contribution in [0.4, 0.5) is 11.4 Å². The second-order valence-electron chi connectivity index (χ2n) is 4.28. The molecule has 0 atom stereocenters. The van der Waals surface area contributed by atoms with Gasteiger partial charge < -0.3 is 15.7 Å². The molecule has 1 heterocycles. The molecule has 0 bridgehead atoms. The van der Waals surface area contributed by atoms with E-state index in [4.69, 9.17) is 10.8 Å². The zero-order valence-electron chi connectivity index (χ0n) is 9.57. The van der Waals surface area contributed by atoms with E-state index in [2.05, 4.69) is 0 Å². The maximum Gasteiger partial charge on any atom is 0.293 e. The standard InChI is InChI=1S/C11H13N3O4/c12-11(16)8-1-2-9(10(3-8)14(17)18)13-4-7(5-13)6-15/h1-3,7,15H,4-6H2,(H2,12,16). The van der Waals surface area contributed by atoms with Gasteiger partial charge in [0.15, 0.2) is 0 Å². The van der Waals surface area contributed by atoms with Crippen molar-refractivity contribution in [3.8, 4) is 0 Å². The molecule has 0 radical (unpaired) electrons. The number of nitrogens with two attached hydrogens (primary N) is 1. The largest absolute Gasteiger partial charge is 0.396 e. The average Bonchev–Trinajstić information content (AvgIpc) is 2.27. The van der Waals surface area contributed by atoms with Crippen molar-refractivity contribution in [3.05, 3.63) is 33.9 Å². The number of primary amides is 1. The lowest BCUT2D eigenvalue weighted by molar-refractivity contribution is -0.384. The van der Waals surface area contributed by atoms with E-state index < -0.39 is 10.8 Å². The molecule has 1 aliphatic heterocycles. The van der Waals surface area contributed by atoms with Crippen LogP contribution in [0.2, 0.25) is 0 Å². The molecule has 1 aromatic carbocycles. The van der Waals surface area contributed by atoms with E-state index in [1.54, 1.807) is 4.90 Å². The van der Waals surface area contributed by atoms with Gasteiger partial charge in [-0.15, -0.1) is 0 Å². The first-order chi connectivity index (χ1) is 8.52. The normalized spacial score (nSPS) is 15.3. The minimum absolute atomic E-state index is 0.0731. The molecule has 1 fully saturated rings. The first kappa shape index (κ1) is 12.3. The fourth-order valence-corrected chi connectivity index (χ4v) is 1.97. The predicted octanol–water partition coefficient (Wildman–Crippen LogP) is 0.122. The lowest BCUT2D eigenvalue weighted by Gasteiger charge is -2.39. The summed E-state index contributed by atoms with van der Waals surface area (Å²) >= 11 is 0. The lowest BCUT2D eigenvalue weighted by atomic mass is 9.99. The fraction of sp³-hybridized carbons (Fsp3) is 0.364. The number of amides is 1. The van der Waals surface area contributed by atoms with Gasteiger partial charge in [0.2, 0.25) is 5.91 Å². The number of hydrogen-bond acceptors (Lipinski definition) is 5. The number of anilines is 1. The topological polar surface area (TPSA) is 110 Å². The van der Waals surface area contributed by atoms with E-state index in [0.29, 0.717) is 18.8 Å². The second kappa shape index (κ2) is 4.61. The smallest absolute Gasteiger partial charge is 0.293 e. The van der Waals surface area contributed by atoms with E-state index in [9.17, 15) is 14.9 Å². The van der Waals surface area contributed by atoms with Crippen molar-refractivity contribution in [1.29, 1.82) is 0 Å². The summed E-state index contributed by atoms with van der Waals surface area (Å²) in [5, 5.41) is 19.9. The number of nitro groups is 1. The van der Waals surface area contributed by atoms with Crippen molar-refractivity contribution in [3.63, 3.8) is 0 Å². The molecule has 7 heteroatoms. The quantitative estimate of drug-likeness (QED) is 0.583. The molecule has 0 unspecified atom stereocenters. The molecule has 96 valence electrons. The van der Waals surface area contributed by atoms with E-state index in [0.717, 1.165) is 0 Å². The molecule has 0 saturated carbocycles. The van der Waals surface area contributed by atoms with Crippen molar-refractivity contribution in [2.75, 3.05) is 24.6 Å². The Bertz CT molecular complexity index is 497. The zero-order chi connectivity index (χ0) is 13.3. The first-order valence-electron chi connectivity index (χ1n) is 5.47. The molecule has 2 rings (SSSR count). The summed E-state index contributed by atoms with van der Waals surface area (Å²) in [7, 11) is 0. The van der Waals surface area contributed by atoms with Crippen molar-refractivity contribution in [1.82, 2.24) is 0 Å². The predicted molar refractivity (Wildman–Crippen MR) is 64.4 cm³/mol. The van der Waals surface area contributed by atoms with E-state index >= 15 is 0 Å². The molecule has 7 nitrogen and oxygen atoms in total. The number of nitrogens with zero attached hydrogens (tertiary/aromatic N) is 2. The van der Waals surface area contributed by atoms with Gasteiger partial charge in [-0.1, -0.05) is 0 Å². The molecule has 0 aliphatic carbocycles. The monoisotopic (exact) mass is 251 g/mol. The van der Waals surface area contributed by atoms with E-state index in [-0.39, 0.29) is 23.8 Å². The van der Waals surface area contributed by atoms with Crippen LogP contribution in [0.3, 0.4) is 0 Å². The zero-order valence-corrected chi connectivity index (χ0v) is 9.57. The van der Waals surface area contributed by atoms with Gasteiger partial charge >= 0.3 is 0 Å². The van der Waals surface area contributed by atoms with Gasteiger partial charge in [0.25, 0.3) is 5.69 Å². The Balaban J connectivity index is 2.30. The third-order valence-electron chi connectivity index (χ3n) is 3.01. The van der Waals surface area contributed by atoms with Crippen LogP contribution in [0.15, 0.2) is 18.2 Å². The van der Waals surface area contributed by atoms with Crippen LogP contribution in [-0.2, 0) is 0 Å². The molecule has 1 aromatic rings. The van der Waals surface area contributed by atoms with Crippen LogP contribution in [-0.4, -0.2) is 35.6 Å². The number of nitro benzene ring substituents is 1. The Kier molecular flexibility index (Phi) is 3.15. The summed E-state index contributed by atoms with van der Waals surface area (Å²) in [4.78, 5) is 23.2. The summed E-state index contributed by atoms with van der Waals surface area (Å²) in [5.74, 6) is -0.540. The van der Waals surface area contributed by atoms with Crippen LogP contribution in [0.1, 0.15) is 10.4 Å². The molecule has 1 amide bonds. The highest BCUT2D eigenvalue weighted by atomic mass is 16.6. The van der Waals surface area contributed by atoms with Crippen molar-refractivity contribution in [2.24, 2.45) is 11.7 Å². The highest BCUT2D eigenvalue weighted by Gasteiger charge is 2.31. The Hall–Kier alpha value is -2.15. The lowest BCUT2D eigenvalue weighted by Crippen LogP contribution is -2.48. The van der Waals surface area contributed by atoms with Crippen LogP contribution in [0, 0.1) is 16.0 Å². The Labute approximate surface area is 103 Å². The van der Waals surface area contributed by atoms with Gasteiger partial charge in [0, 0.05) is 37.2 Å². The molecule has 1 saturated heterocycles. The molecular weight excluding hydrogens is 238 g/mol. The molecular formula is C11H13N3O4. The van der Waals surface area contributed by atoms with Crippen LogP contribution in [0.25, 0.3) is 0 Å². The number of carbonyl (C=O) groups excluding carboxylic acids is 1.